The van der Waals surface area contributed by atoms with E-state index in [-0.39, 0.29) is 12.0 Å². The van der Waals surface area contributed by atoms with Crippen LogP contribution in [0.4, 0.5) is 0 Å². The minimum absolute atomic E-state index is 0.178. The van der Waals surface area contributed by atoms with E-state index in [0.717, 1.165) is 52.2 Å². The van der Waals surface area contributed by atoms with Crippen molar-refractivity contribution >= 4 is 5.91 Å². The molecule has 0 bridgehead atoms. The molecule has 1 unspecified atom stereocenters. The summed E-state index contributed by atoms with van der Waals surface area (Å²) in [4.78, 5) is 16.8. The maximum atomic E-state index is 12.4. The predicted molar refractivity (Wildman–Crippen MR) is 91.5 cm³/mol. The van der Waals surface area contributed by atoms with E-state index in [1.807, 2.05) is 4.90 Å². The first kappa shape index (κ1) is 16.5. The first-order valence-corrected chi connectivity index (χ1v) is 8.74. The van der Waals surface area contributed by atoms with Gasteiger partial charge in [-0.2, -0.15) is 0 Å². The Balaban J connectivity index is 1.56. The molecule has 2 aliphatic heterocycles. The molecule has 1 amide bonds. The van der Waals surface area contributed by atoms with Gasteiger partial charge in [0.1, 0.15) is 6.10 Å². The number of nitrogens with zero attached hydrogens (tertiary/aromatic N) is 2. The topological polar surface area (TPSA) is 32.8 Å². The molecule has 2 heterocycles. The molecule has 4 nitrogen and oxygen atoms in total. The SMILES string of the molecule is Cc1cc(C)c(CN2CCN(C(=O)C3CCCO3)CC2)c(C)c1. The van der Waals surface area contributed by atoms with Crippen molar-refractivity contribution in [2.24, 2.45) is 0 Å². The number of hydrogen-bond acceptors (Lipinski definition) is 3. The van der Waals surface area contributed by atoms with Crippen molar-refractivity contribution in [1.29, 1.82) is 0 Å². The van der Waals surface area contributed by atoms with Gasteiger partial charge in [0, 0.05) is 39.3 Å². The minimum atomic E-state index is -0.178. The van der Waals surface area contributed by atoms with Crippen LogP contribution in [0.5, 0.6) is 0 Å². The van der Waals surface area contributed by atoms with Crippen LogP contribution in [0, 0.1) is 20.8 Å². The number of aryl methyl sites for hydroxylation is 3. The summed E-state index contributed by atoms with van der Waals surface area (Å²) in [6, 6.07) is 4.53. The molecule has 2 saturated heterocycles. The molecule has 0 spiro atoms. The summed E-state index contributed by atoms with van der Waals surface area (Å²) < 4.78 is 5.53. The number of carbonyl (C=O) groups excluding carboxylic acids is 1. The molecule has 2 aliphatic rings. The number of rotatable bonds is 3. The van der Waals surface area contributed by atoms with Crippen molar-refractivity contribution in [2.75, 3.05) is 32.8 Å². The number of ether oxygens (including phenoxy) is 1. The van der Waals surface area contributed by atoms with Crippen LogP contribution in [0.25, 0.3) is 0 Å². The van der Waals surface area contributed by atoms with Crippen LogP contribution in [0.3, 0.4) is 0 Å². The summed E-state index contributed by atoms with van der Waals surface area (Å²) >= 11 is 0. The number of benzene rings is 1. The normalized spacial score (nSPS) is 22.6. The van der Waals surface area contributed by atoms with E-state index >= 15 is 0 Å². The Kier molecular flexibility index (Phi) is 5.02. The zero-order chi connectivity index (χ0) is 16.4. The van der Waals surface area contributed by atoms with Crippen molar-refractivity contribution in [3.63, 3.8) is 0 Å². The van der Waals surface area contributed by atoms with Gasteiger partial charge in [-0.1, -0.05) is 17.7 Å². The Hall–Kier alpha value is -1.39. The quantitative estimate of drug-likeness (QED) is 0.858. The lowest BCUT2D eigenvalue weighted by molar-refractivity contribution is -0.142. The first-order valence-electron chi connectivity index (χ1n) is 8.74. The number of amides is 1. The van der Waals surface area contributed by atoms with Gasteiger partial charge in [0.2, 0.25) is 0 Å². The van der Waals surface area contributed by atoms with Crippen LogP contribution in [-0.2, 0) is 16.1 Å². The maximum Gasteiger partial charge on any atom is 0.251 e. The fraction of sp³-hybridized carbons (Fsp3) is 0.632. The number of hydrogen-bond donors (Lipinski definition) is 0. The van der Waals surface area contributed by atoms with Gasteiger partial charge in [-0.05, 0) is 50.3 Å². The van der Waals surface area contributed by atoms with E-state index in [4.69, 9.17) is 4.74 Å². The lowest BCUT2D eigenvalue weighted by Gasteiger charge is -2.36. The Morgan fingerprint density at radius 1 is 1.13 bits per heavy atom. The predicted octanol–water partition coefficient (Wildman–Crippen LogP) is 2.44. The Morgan fingerprint density at radius 2 is 1.78 bits per heavy atom. The van der Waals surface area contributed by atoms with Gasteiger partial charge in [-0.15, -0.1) is 0 Å². The van der Waals surface area contributed by atoms with Crippen molar-refractivity contribution in [3.05, 3.63) is 34.4 Å². The van der Waals surface area contributed by atoms with Gasteiger partial charge >= 0.3 is 0 Å². The van der Waals surface area contributed by atoms with Crippen LogP contribution in [0.1, 0.15) is 35.1 Å². The molecule has 1 aromatic carbocycles. The van der Waals surface area contributed by atoms with E-state index in [1.54, 1.807) is 0 Å². The number of carbonyl (C=O) groups is 1. The van der Waals surface area contributed by atoms with Crippen LogP contribution in [-0.4, -0.2) is 54.6 Å². The van der Waals surface area contributed by atoms with E-state index < -0.39 is 0 Å². The second-order valence-corrected chi connectivity index (χ2v) is 6.98. The smallest absolute Gasteiger partial charge is 0.251 e. The average Bonchev–Trinajstić information content (AvgIpc) is 3.05. The summed E-state index contributed by atoms with van der Waals surface area (Å²) in [6.07, 6.45) is 1.73. The van der Waals surface area contributed by atoms with Gasteiger partial charge in [0.05, 0.1) is 0 Å². The molecule has 4 heteroatoms. The van der Waals surface area contributed by atoms with Crippen LogP contribution in [0.15, 0.2) is 12.1 Å². The average molecular weight is 316 g/mol. The zero-order valence-electron chi connectivity index (χ0n) is 14.6. The fourth-order valence-corrected chi connectivity index (χ4v) is 3.79. The Bertz CT molecular complexity index is 548. The second kappa shape index (κ2) is 7.02. The summed E-state index contributed by atoms with van der Waals surface area (Å²) in [5, 5.41) is 0. The molecular formula is C19H28N2O2. The molecule has 2 fully saturated rings. The third-order valence-corrected chi connectivity index (χ3v) is 5.11. The monoisotopic (exact) mass is 316 g/mol. The molecule has 3 rings (SSSR count). The van der Waals surface area contributed by atoms with Gasteiger partial charge in [-0.25, -0.2) is 0 Å². The largest absolute Gasteiger partial charge is 0.368 e. The molecule has 0 saturated carbocycles. The summed E-state index contributed by atoms with van der Waals surface area (Å²) in [7, 11) is 0. The van der Waals surface area contributed by atoms with Crippen LogP contribution < -0.4 is 0 Å². The fourth-order valence-electron chi connectivity index (χ4n) is 3.79. The Labute approximate surface area is 139 Å². The molecule has 0 aromatic heterocycles. The zero-order valence-corrected chi connectivity index (χ0v) is 14.6. The third kappa shape index (κ3) is 3.75. The summed E-state index contributed by atoms with van der Waals surface area (Å²) in [5.41, 5.74) is 5.52. The highest BCUT2D eigenvalue weighted by Gasteiger charge is 2.30. The molecule has 1 aromatic rings. The summed E-state index contributed by atoms with van der Waals surface area (Å²) in [5.74, 6) is 0.199. The maximum absolute atomic E-state index is 12.4. The van der Waals surface area contributed by atoms with Crippen LogP contribution >= 0.6 is 0 Å². The van der Waals surface area contributed by atoms with Gasteiger partial charge in [0.15, 0.2) is 0 Å². The lowest BCUT2D eigenvalue weighted by Crippen LogP contribution is -2.51. The molecular weight excluding hydrogens is 288 g/mol. The third-order valence-electron chi connectivity index (χ3n) is 5.11. The second-order valence-electron chi connectivity index (χ2n) is 6.98. The molecule has 1 atom stereocenters. The number of piperazine rings is 1. The van der Waals surface area contributed by atoms with E-state index in [2.05, 4.69) is 37.8 Å². The van der Waals surface area contributed by atoms with Crippen molar-refractivity contribution in [1.82, 2.24) is 9.80 Å². The standard InChI is InChI=1S/C19H28N2O2/c1-14-11-15(2)17(16(3)12-14)13-20-6-8-21(9-7-20)19(22)18-5-4-10-23-18/h11-12,18H,4-10,13H2,1-3H3. The van der Waals surface area contributed by atoms with Gasteiger partial charge in [-0.3, -0.25) is 9.69 Å². The van der Waals surface area contributed by atoms with E-state index in [0.29, 0.717) is 0 Å². The molecule has 126 valence electrons. The van der Waals surface area contributed by atoms with Gasteiger partial charge in [0.25, 0.3) is 5.91 Å². The molecule has 23 heavy (non-hydrogen) atoms. The van der Waals surface area contributed by atoms with Crippen LogP contribution in [0.2, 0.25) is 0 Å². The molecule has 0 N–H and O–H groups in total. The van der Waals surface area contributed by atoms with Crippen molar-refractivity contribution in [2.45, 2.75) is 46.3 Å². The lowest BCUT2D eigenvalue weighted by atomic mass is 9.99. The van der Waals surface area contributed by atoms with Crippen molar-refractivity contribution < 1.29 is 9.53 Å². The van der Waals surface area contributed by atoms with E-state index in [9.17, 15) is 4.79 Å². The van der Waals surface area contributed by atoms with Crippen molar-refractivity contribution in [3.8, 4) is 0 Å². The molecule has 0 aliphatic carbocycles. The minimum Gasteiger partial charge on any atom is -0.368 e. The molecule has 0 radical (unpaired) electrons. The summed E-state index contributed by atoms with van der Waals surface area (Å²) in [6.45, 7) is 11.8. The van der Waals surface area contributed by atoms with Gasteiger partial charge < -0.3 is 9.64 Å². The highest BCUT2D eigenvalue weighted by Crippen LogP contribution is 2.20. The van der Waals surface area contributed by atoms with E-state index in [1.165, 1.54) is 22.3 Å². The highest BCUT2D eigenvalue weighted by molar-refractivity contribution is 5.81. The Morgan fingerprint density at radius 3 is 2.35 bits per heavy atom. The first-order chi connectivity index (χ1) is 11.0. The highest BCUT2D eigenvalue weighted by atomic mass is 16.5.